The van der Waals surface area contributed by atoms with Crippen LogP contribution in [0.25, 0.3) is 22.4 Å². The van der Waals surface area contributed by atoms with Crippen LogP contribution in [0.4, 0.5) is 14.6 Å². The number of nitrogens with one attached hydrogen (secondary N) is 1. The van der Waals surface area contributed by atoms with Crippen LogP contribution < -0.4 is 15.8 Å². The SMILES string of the molecule is CN(c1ccc(-c2c(O)cc(-c3cnn(C)c(=O)c3)c(F)c2F)nn1)[C@H]1C[C@]2(C)CC[C@](C)(C1)N2. The van der Waals surface area contributed by atoms with Gasteiger partial charge in [0, 0.05) is 48.4 Å². The van der Waals surface area contributed by atoms with Gasteiger partial charge in [0.05, 0.1) is 17.5 Å². The fraction of sp³-hybridized carbons (Fsp3) is 0.440. The van der Waals surface area contributed by atoms with Crippen LogP contribution in [0.15, 0.2) is 35.3 Å². The van der Waals surface area contributed by atoms with Crippen molar-refractivity contribution in [3.63, 3.8) is 0 Å². The zero-order valence-corrected chi connectivity index (χ0v) is 20.1. The molecule has 0 saturated carbocycles. The lowest BCUT2D eigenvalue weighted by Crippen LogP contribution is -2.58. The molecule has 2 N–H and O–H groups in total. The molecule has 0 aliphatic carbocycles. The van der Waals surface area contributed by atoms with Gasteiger partial charge in [0.15, 0.2) is 17.5 Å². The van der Waals surface area contributed by atoms with E-state index in [2.05, 4.69) is 39.4 Å². The molecule has 0 spiro atoms. The van der Waals surface area contributed by atoms with Gasteiger partial charge in [-0.15, -0.1) is 10.2 Å². The highest BCUT2D eigenvalue weighted by molar-refractivity contribution is 5.75. The third-order valence-electron chi connectivity index (χ3n) is 7.48. The Balaban J connectivity index is 1.44. The van der Waals surface area contributed by atoms with Crippen LogP contribution in [0.1, 0.15) is 39.5 Å². The number of halogens is 2. The minimum absolute atomic E-state index is 0.00834. The number of fused-ring (bicyclic) bond motifs is 2. The molecule has 1 aromatic carbocycles. The molecule has 3 atom stereocenters. The molecule has 2 fully saturated rings. The fourth-order valence-electron chi connectivity index (χ4n) is 5.61. The highest BCUT2D eigenvalue weighted by Gasteiger charge is 2.49. The Morgan fingerprint density at radius 1 is 1.11 bits per heavy atom. The summed E-state index contributed by atoms with van der Waals surface area (Å²) in [6.45, 7) is 4.50. The summed E-state index contributed by atoms with van der Waals surface area (Å²) in [6, 6.07) is 5.69. The van der Waals surface area contributed by atoms with Gasteiger partial charge < -0.3 is 15.3 Å². The predicted molar refractivity (Wildman–Crippen MR) is 128 cm³/mol. The van der Waals surface area contributed by atoms with Crippen molar-refractivity contribution in [2.75, 3.05) is 11.9 Å². The van der Waals surface area contributed by atoms with Gasteiger partial charge in [0.2, 0.25) is 0 Å². The zero-order valence-electron chi connectivity index (χ0n) is 20.1. The lowest BCUT2D eigenvalue weighted by molar-refractivity contribution is 0.207. The van der Waals surface area contributed by atoms with Gasteiger partial charge in [-0.25, -0.2) is 13.5 Å². The van der Waals surface area contributed by atoms with Gasteiger partial charge in [-0.05, 0) is 57.7 Å². The van der Waals surface area contributed by atoms with E-state index in [9.17, 15) is 14.3 Å². The number of phenolic OH excluding ortho intramolecular Hbond substituents is 1. The molecule has 35 heavy (non-hydrogen) atoms. The van der Waals surface area contributed by atoms with Gasteiger partial charge in [-0.3, -0.25) is 4.79 Å². The van der Waals surface area contributed by atoms with E-state index in [-0.39, 0.29) is 39.5 Å². The molecule has 184 valence electrons. The molecular formula is C25H28F2N6O2. The fourth-order valence-corrected chi connectivity index (χ4v) is 5.61. The molecule has 8 nitrogen and oxygen atoms in total. The van der Waals surface area contributed by atoms with Crippen LogP contribution in [0.5, 0.6) is 5.75 Å². The lowest BCUT2D eigenvalue weighted by Gasteiger charge is -2.45. The van der Waals surface area contributed by atoms with E-state index in [1.54, 1.807) is 6.07 Å². The first-order valence-corrected chi connectivity index (χ1v) is 11.6. The van der Waals surface area contributed by atoms with Crippen molar-refractivity contribution >= 4 is 5.82 Å². The van der Waals surface area contributed by atoms with Crippen LogP contribution in [0.3, 0.4) is 0 Å². The zero-order chi connectivity index (χ0) is 25.1. The van der Waals surface area contributed by atoms with Crippen LogP contribution in [0, 0.1) is 11.6 Å². The lowest BCUT2D eigenvalue weighted by atomic mass is 9.84. The number of nitrogens with zero attached hydrogens (tertiary/aromatic N) is 5. The second kappa shape index (κ2) is 8.08. The second-order valence-electron chi connectivity index (χ2n) is 10.3. The van der Waals surface area contributed by atoms with Crippen LogP contribution in [0.2, 0.25) is 0 Å². The first kappa shape index (κ1) is 23.3. The second-order valence-corrected chi connectivity index (χ2v) is 10.3. The molecule has 2 saturated heterocycles. The molecule has 10 heteroatoms. The maximum absolute atomic E-state index is 15.1. The Hall–Kier alpha value is -3.40. The van der Waals surface area contributed by atoms with E-state index in [1.165, 1.54) is 19.3 Å². The molecule has 0 amide bonds. The third-order valence-corrected chi connectivity index (χ3v) is 7.48. The van der Waals surface area contributed by atoms with Crippen molar-refractivity contribution < 1.29 is 13.9 Å². The highest BCUT2D eigenvalue weighted by Crippen LogP contribution is 2.44. The van der Waals surface area contributed by atoms with Gasteiger partial charge >= 0.3 is 0 Å². The summed E-state index contributed by atoms with van der Waals surface area (Å²) in [7, 11) is 3.41. The van der Waals surface area contributed by atoms with Gasteiger partial charge in [0.25, 0.3) is 5.56 Å². The Bertz CT molecular complexity index is 1340. The number of piperidine rings is 1. The summed E-state index contributed by atoms with van der Waals surface area (Å²) in [6.07, 6.45) is 5.44. The third kappa shape index (κ3) is 4.05. The van der Waals surface area contributed by atoms with Gasteiger partial charge in [0.1, 0.15) is 5.75 Å². The predicted octanol–water partition coefficient (Wildman–Crippen LogP) is 3.39. The maximum Gasteiger partial charge on any atom is 0.267 e. The van der Waals surface area contributed by atoms with Crippen molar-refractivity contribution in [1.29, 1.82) is 0 Å². The first-order valence-electron chi connectivity index (χ1n) is 11.6. The molecular weight excluding hydrogens is 454 g/mol. The number of anilines is 1. The van der Waals surface area contributed by atoms with Crippen LogP contribution in [-0.4, -0.2) is 49.3 Å². The van der Waals surface area contributed by atoms with Gasteiger partial charge in [-0.1, -0.05) is 0 Å². The molecule has 0 unspecified atom stereocenters. The van der Waals surface area contributed by atoms with Gasteiger partial charge in [-0.2, -0.15) is 5.10 Å². The number of hydrogen-bond acceptors (Lipinski definition) is 7. The summed E-state index contributed by atoms with van der Waals surface area (Å²) in [4.78, 5) is 13.9. The van der Waals surface area contributed by atoms with E-state index in [0.717, 1.165) is 42.5 Å². The number of aromatic nitrogens is 4. The molecule has 5 rings (SSSR count). The smallest absolute Gasteiger partial charge is 0.267 e. The maximum atomic E-state index is 15.1. The first-order chi connectivity index (χ1) is 16.5. The van der Waals surface area contributed by atoms with E-state index in [4.69, 9.17) is 0 Å². The van der Waals surface area contributed by atoms with E-state index >= 15 is 4.39 Å². The largest absolute Gasteiger partial charge is 0.507 e. The number of rotatable bonds is 4. The summed E-state index contributed by atoms with van der Waals surface area (Å²) >= 11 is 0. The summed E-state index contributed by atoms with van der Waals surface area (Å²) < 4.78 is 31.1. The number of phenols is 1. The minimum atomic E-state index is -1.27. The van der Waals surface area contributed by atoms with Crippen molar-refractivity contribution in [2.45, 2.75) is 56.7 Å². The average Bonchev–Trinajstić information content (AvgIpc) is 3.04. The Morgan fingerprint density at radius 2 is 1.80 bits per heavy atom. The standard InChI is InChI=1S/C25H28F2N6O2/c1-24-7-8-25(2,31-24)12-15(11-24)32(3)19-6-5-17(29-30-19)21-18(34)10-16(22(26)23(21)27)14-9-20(35)33(4)28-13-14/h5-6,9-10,13,15,31,34H,7-8,11-12H2,1-4H3/t15-,24-,25+. The Labute approximate surface area is 201 Å². The average molecular weight is 483 g/mol. The molecule has 2 aliphatic rings. The Kier molecular flexibility index (Phi) is 5.39. The van der Waals surface area contributed by atoms with E-state index < -0.39 is 22.9 Å². The minimum Gasteiger partial charge on any atom is -0.507 e. The molecule has 0 radical (unpaired) electrons. The molecule has 3 aromatic rings. The molecule has 2 bridgehead atoms. The summed E-state index contributed by atoms with van der Waals surface area (Å²) in [5.74, 6) is -2.37. The molecule has 2 aliphatic heterocycles. The molecule has 2 aromatic heterocycles. The quantitative estimate of drug-likeness (QED) is 0.589. The van der Waals surface area contributed by atoms with Crippen LogP contribution >= 0.6 is 0 Å². The number of aromatic hydroxyl groups is 1. The van der Waals surface area contributed by atoms with E-state index in [0.29, 0.717) is 5.82 Å². The van der Waals surface area contributed by atoms with Crippen molar-refractivity contribution in [2.24, 2.45) is 7.05 Å². The van der Waals surface area contributed by atoms with Crippen molar-refractivity contribution in [1.82, 2.24) is 25.3 Å². The number of benzene rings is 1. The van der Waals surface area contributed by atoms with Crippen molar-refractivity contribution in [3.05, 3.63) is 52.5 Å². The number of aryl methyl sites for hydroxylation is 1. The number of hydrogen-bond donors (Lipinski definition) is 2. The Morgan fingerprint density at radius 3 is 2.40 bits per heavy atom. The van der Waals surface area contributed by atoms with Crippen molar-refractivity contribution in [3.8, 4) is 28.1 Å². The normalized spacial score (nSPS) is 25.6. The monoisotopic (exact) mass is 482 g/mol. The summed E-state index contributed by atoms with van der Waals surface area (Å²) in [5, 5.41) is 26.5. The summed E-state index contributed by atoms with van der Waals surface area (Å²) in [5.41, 5.74) is -0.883. The van der Waals surface area contributed by atoms with E-state index in [1.807, 2.05) is 7.05 Å². The molecule has 4 heterocycles. The topological polar surface area (TPSA) is 96.2 Å². The highest BCUT2D eigenvalue weighted by atomic mass is 19.2. The van der Waals surface area contributed by atoms with Crippen LogP contribution in [-0.2, 0) is 7.05 Å².